The summed E-state index contributed by atoms with van der Waals surface area (Å²) in [7, 11) is 3.48. The SMILES string of the molecule is COc1ccc(N)c(C(=O)NCc2cccn2C)c1. The minimum atomic E-state index is -0.211. The zero-order chi connectivity index (χ0) is 13.8. The van der Waals surface area contributed by atoms with Crippen molar-refractivity contribution in [1.29, 1.82) is 0 Å². The Kier molecular flexibility index (Phi) is 3.75. The van der Waals surface area contributed by atoms with Crippen LogP contribution < -0.4 is 15.8 Å². The van der Waals surface area contributed by atoms with E-state index in [-0.39, 0.29) is 5.91 Å². The second-order valence-electron chi connectivity index (χ2n) is 4.25. The molecule has 0 spiro atoms. The van der Waals surface area contributed by atoms with Crippen molar-refractivity contribution < 1.29 is 9.53 Å². The predicted octanol–water partition coefficient (Wildman–Crippen LogP) is 1.55. The third kappa shape index (κ3) is 2.88. The number of nitrogens with two attached hydrogens (primary N) is 1. The molecular weight excluding hydrogens is 242 g/mol. The summed E-state index contributed by atoms with van der Waals surface area (Å²) < 4.78 is 7.04. The molecule has 0 unspecified atom stereocenters. The van der Waals surface area contributed by atoms with Crippen LogP contribution in [0.3, 0.4) is 0 Å². The van der Waals surface area contributed by atoms with Gasteiger partial charge in [0.05, 0.1) is 19.2 Å². The fraction of sp³-hybridized carbons (Fsp3) is 0.214. The zero-order valence-corrected chi connectivity index (χ0v) is 11.0. The number of methoxy groups -OCH3 is 1. The van der Waals surface area contributed by atoms with E-state index in [1.165, 1.54) is 0 Å². The van der Waals surface area contributed by atoms with Crippen LogP contribution in [-0.4, -0.2) is 17.6 Å². The molecule has 100 valence electrons. The van der Waals surface area contributed by atoms with Crippen LogP contribution in [0.5, 0.6) is 5.75 Å². The van der Waals surface area contributed by atoms with Crippen LogP contribution in [0.25, 0.3) is 0 Å². The van der Waals surface area contributed by atoms with Crippen LogP contribution in [0.4, 0.5) is 5.69 Å². The highest BCUT2D eigenvalue weighted by Gasteiger charge is 2.11. The summed E-state index contributed by atoms with van der Waals surface area (Å²) in [5.41, 5.74) is 7.69. The second-order valence-corrected chi connectivity index (χ2v) is 4.25. The van der Waals surface area contributed by atoms with Gasteiger partial charge in [0.1, 0.15) is 5.75 Å². The molecule has 19 heavy (non-hydrogen) atoms. The van der Waals surface area contributed by atoms with Crippen molar-refractivity contribution in [2.24, 2.45) is 7.05 Å². The lowest BCUT2D eigenvalue weighted by Gasteiger charge is -2.09. The topological polar surface area (TPSA) is 69.3 Å². The minimum Gasteiger partial charge on any atom is -0.497 e. The molecule has 5 nitrogen and oxygen atoms in total. The Morgan fingerprint density at radius 2 is 2.21 bits per heavy atom. The van der Waals surface area contributed by atoms with Gasteiger partial charge in [0, 0.05) is 24.6 Å². The van der Waals surface area contributed by atoms with Crippen molar-refractivity contribution in [1.82, 2.24) is 9.88 Å². The molecule has 0 saturated carbocycles. The third-order valence-corrected chi connectivity index (χ3v) is 2.99. The van der Waals surface area contributed by atoms with Gasteiger partial charge < -0.3 is 20.4 Å². The zero-order valence-electron chi connectivity index (χ0n) is 11.0. The van der Waals surface area contributed by atoms with E-state index in [9.17, 15) is 4.79 Å². The maximum absolute atomic E-state index is 12.1. The first kappa shape index (κ1) is 13.0. The highest BCUT2D eigenvalue weighted by atomic mass is 16.5. The van der Waals surface area contributed by atoms with Crippen LogP contribution in [0.15, 0.2) is 36.5 Å². The molecule has 0 aliphatic carbocycles. The maximum Gasteiger partial charge on any atom is 0.253 e. The first-order chi connectivity index (χ1) is 9.11. The summed E-state index contributed by atoms with van der Waals surface area (Å²) in [6.45, 7) is 0.457. The third-order valence-electron chi connectivity index (χ3n) is 2.99. The van der Waals surface area contributed by atoms with Crippen molar-refractivity contribution >= 4 is 11.6 Å². The van der Waals surface area contributed by atoms with E-state index in [1.807, 2.05) is 29.9 Å². The number of amides is 1. The highest BCUT2D eigenvalue weighted by Crippen LogP contribution is 2.19. The Balaban J connectivity index is 2.10. The van der Waals surface area contributed by atoms with Crippen molar-refractivity contribution in [3.63, 3.8) is 0 Å². The minimum absolute atomic E-state index is 0.211. The largest absolute Gasteiger partial charge is 0.497 e. The maximum atomic E-state index is 12.1. The molecule has 2 rings (SSSR count). The molecule has 0 bridgehead atoms. The molecule has 5 heteroatoms. The van der Waals surface area contributed by atoms with E-state index in [4.69, 9.17) is 10.5 Å². The summed E-state index contributed by atoms with van der Waals surface area (Å²) in [5, 5.41) is 2.84. The Bertz CT molecular complexity index is 590. The second kappa shape index (κ2) is 5.48. The standard InChI is InChI=1S/C14H17N3O2/c1-17-7-3-4-10(17)9-16-14(18)12-8-11(19-2)5-6-13(12)15/h3-8H,9,15H2,1-2H3,(H,16,18). The number of hydrogen-bond acceptors (Lipinski definition) is 3. The number of nitrogen functional groups attached to an aromatic ring is 1. The number of aryl methyl sites for hydroxylation is 1. The molecule has 1 aromatic carbocycles. The summed E-state index contributed by atoms with van der Waals surface area (Å²) in [5.74, 6) is 0.399. The van der Waals surface area contributed by atoms with Gasteiger partial charge in [-0.15, -0.1) is 0 Å². The lowest BCUT2D eigenvalue weighted by Crippen LogP contribution is -2.24. The first-order valence-corrected chi connectivity index (χ1v) is 5.93. The molecule has 1 aromatic heterocycles. The average Bonchev–Trinajstić information content (AvgIpc) is 2.82. The van der Waals surface area contributed by atoms with Gasteiger partial charge in [-0.05, 0) is 30.3 Å². The highest BCUT2D eigenvalue weighted by molar-refractivity contribution is 5.99. The van der Waals surface area contributed by atoms with Crippen LogP contribution in [-0.2, 0) is 13.6 Å². The van der Waals surface area contributed by atoms with Crippen LogP contribution in [0.1, 0.15) is 16.1 Å². The number of aromatic nitrogens is 1. The van der Waals surface area contributed by atoms with Gasteiger partial charge in [-0.3, -0.25) is 4.79 Å². The monoisotopic (exact) mass is 259 g/mol. The molecular formula is C14H17N3O2. The molecule has 3 N–H and O–H groups in total. The predicted molar refractivity (Wildman–Crippen MR) is 74.0 cm³/mol. The molecule has 0 fully saturated rings. The van der Waals surface area contributed by atoms with Crippen molar-refractivity contribution in [2.75, 3.05) is 12.8 Å². The molecule has 1 amide bonds. The first-order valence-electron chi connectivity index (χ1n) is 5.93. The number of carbonyl (C=O) groups is 1. The van der Waals surface area contributed by atoms with E-state index in [2.05, 4.69) is 5.32 Å². The lowest BCUT2D eigenvalue weighted by atomic mass is 10.1. The van der Waals surface area contributed by atoms with Crippen molar-refractivity contribution in [3.8, 4) is 5.75 Å². The number of anilines is 1. The Hall–Kier alpha value is -2.43. The fourth-order valence-corrected chi connectivity index (χ4v) is 1.81. The molecule has 0 aliphatic heterocycles. The Morgan fingerprint density at radius 3 is 2.84 bits per heavy atom. The van der Waals surface area contributed by atoms with E-state index >= 15 is 0 Å². The summed E-state index contributed by atoms with van der Waals surface area (Å²) in [6, 6.07) is 8.91. The van der Waals surface area contributed by atoms with Crippen LogP contribution in [0.2, 0.25) is 0 Å². The smallest absolute Gasteiger partial charge is 0.253 e. The number of ether oxygens (including phenoxy) is 1. The van der Waals surface area contributed by atoms with Crippen molar-refractivity contribution in [3.05, 3.63) is 47.8 Å². The number of benzene rings is 1. The molecule has 0 radical (unpaired) electrons. The number of rotatable bonds is 4. The molecule has 1 heterocycles. The lowest BCUT2D eigenvalue weighted by molar-refractivity contribution is 0.0950. The Morgan fingerprint density at radius 1 is 1.42 bits per heavy atom. The number of hydrogen-bond donors (Lipinski definition) is 2. The molecule has 0 saturated heterocycles. The van der Waals surface area contributed by atoms with E-state index < -0.39 is 0 Å². The van der Waals surface area contributed by atoms with Gasteiger partial charge in [-0.25, -0.2) is 0 Å². The van der Waals surface area contributed by atoms with Gasteiger partial charge >= 0.3 is 0 Å². The summed E-state index contributed by atoms with van der Waals surface area (Å²) >= 11 is 0. The van der Waals surface area contributed by atoms with Gasteiger partial charge in [0.25, 0.3) is 5.91 Å². The van der Waals surface area contributed by atoms with Gasteiger partial charge in [-0.1, -0.05) is 0 Å². The van der Waals surface area contributed by atoms with Gasteiger partial charge in [0.2, 0.25) is 0 Å². The average molecular weight is 259 g/mol. The van der Waals surface area contributed by atoms with Gasteiger partial charge in [0.15, 0.2) is 0 Å². The van der Waals surface area contributed by atoms with Crippen LogP contribution >= 0.6 is 0 Å². The normalized spacial score (nSPS) is 10.2. The summed E-state index contributed by atoms with van der Waals surface area (Å²) in [6.07, 6.45) is 1.93. The quantitative estimate of drug-likeness (QED) is 0.818. The summed E-state index contributed by atoms with van der Waals surface area (Å²) in [4.78, 5) is 12.1. The van der Waals surface area contributed by atoms with E-state index in [0.717, 1.165) is 5.69 Å². The van der Waals surface area contributed by atoms with E-state index in [0.29, 0.717) is 23.5 Å². The van der Waals surface area contributed by atoms with Gasteiger partial charge in [-0.2, -0.15) is 0 Å². The van der Waals surface area contributed by atoms with E-state index in [1.54, 1.807) is 25.3 Å². The van der Waals surface area contributed by atoms with Crippen LogP contribution in [0, 0.1) is 0 Å². The fourth-order valence-electron chi connectivity index (χ4n) is 1.81. The van der Waals surface area contributed by atoms with Crippen molar-refractivity contribution in [2.45, 2.75) is 6.54 Å². The number of carbonyl (C=O) groups excluding carboxylic acids is 1. The molecule has 2 aromatic rings. The molecule has 0 aliphatic rings. The Labute approximate surface area is 112 Å². The number of nitrogens with one attached hydrogen (secondary N) is 1. The number of nitrogens with zero attached hydrogens (tertiary/aromatic N) is 1. The molecule has 0 atom stereocenters.